The molecule has 0 atom stereocenters. The molecule has 0 spiro atoms. The predicted molar refractivity (Wildman–Crippen MR) is 133 cm³/mol. The Morgan fingerprint density at radius 2 is 1.84 bits per heavy atom. The molecule has 3 rings (SSSR count). The topological polar surface area (TPSA) is 35.9 Å². The maximum absolute atomic E-state index is 9.26. The van der Waals surface area contributed by atoms with Gasteiger partial charge < -0.3 is 14.7 Å². The zero-order chi connectivity index (χ0) is 22.1. The molecule has 1 N–H and O–H groups in total. The van der Waals surface area contributed by atoms with Crippen LogP contribution in [0.5, 0.6) is 5.75 Å². The molecule has 0 unspecified atom stereocenters. The minimum atomic E-state index is 0.293. The number of piperidine rings is 1. The quantitative estimate of drug-likeness (QED) is 0.448. The molecule has 1 aliphatic heterocycles. The number of hydrogen-bond donors (Lipinski definition) is 1. The lowest BCUT2D eigenvalue weighted by atomic mass is 9.82. The van der Waals surface area contributed by atoms with Crippen LogP contribution < -0.4 is 4.74 Å². The molecule has 5 heteroatoms. The fourth-order valence-electron chi connectivity index (χ4n) is 5.69. The predicted octanol–water partition coefficient (Wildman–Crippen LogP) is 5.37. The van der Waals surface area contributed by atoms with Crippen LogP contribution in [-0.4, -0.2) is 67.4 Å². The summed E-state index contributed by atoms with van der Waals surface area (Å²) in [5.74, 6) is 2.67. The first-order valence-electron chi connectivity index (χ1n) is 12.5. The summed E-state index contributed by atoms with van der Waals surface area (Å²) in [7, 11) is 1.74. The van der Waals surface area contributed by atoms with Crippen molar-refractivity contribution in [3.63, 3.8) is 0 Å². The summed E-state index contributed by atoms with van der Waals surface area (Å²) in [4.78, 5) is 5.17. The van der Waals surface area contributed by atoms with Crippen molar-refractivity contribution >= 4 is 15.9 Å². The number of ether oxygens (including phenoxy) is 1. The number of methoxy groups -OCH3 is 1. The normalized spacial score (nSPS) is 23.4. The van der Waals surface area contributed by atoms with Gasteiger partial charge in [-0.3, -0.25) is 4.90 Å². The highest BCUT2D eigenvalue weighted by molar-refractivity contribution is 9.10. The van der Waals surface area contributed by atoms with Gasteiger partial charge in [-0.15, -0.1) is 0 Å². The molecular formula is C26H43BrN2O2. The Bertz CT molecular complexity index is 640. The number of rotatable bonds is 11. The van der Waals surface area contributed by atoms with Crippen LogP contribution in [0.15, 0.2) is 22.7 Å². The SMILES string of the molecule is CCN(CCO)C1CCC(CCCN2CCC(Cc3cc(OC)ccc3Br)CC2)CC1. The largest absolute Gasteiger partial charge is 0.497 e. The number of halogens is 1. The van der Waals surface area contributed by atoms with E-state index in [4.69, 9.17) is 4.74 Å². The number of benzene rings is 1. The average Bonchev–Trinajstić information content (AvgIpc) is 2.80. The summed E-state index contributed by atoms with van der Waals surface area (Å²) < 4.78 is 6.61. The van der Waals surface area contributed by atoms with E-state index in [1.807, 2.05) is 6.07 Å². The van der Waals surface area contributed by atoms with Crippen molar-refractivity contribution < 1.29 is 9.84 Å². The monoisotopic (exact) mass is 494 g/mol. The Morgan fingerprint density at radius 1 is 1.10 bits per heavy atom. The maximum atomic E-state index is 9.26. The van der Waals surface area contributed by atoms with E-state index in [0.29, 0.717) is 12.6 Å². The minimum Gasteiger partial charge on any atom is -0.497 e. The Kier molecular flexibility index (Phi) is 10.6. The van der Waals surface area contributed by atoms with Crippen LogP contribution in [-0.2, 0) is 6.42 Å². The van der Waals surface area contributed by atoms with Gasteiger partial charge in [0, 0.05) is 17.1 Å². The highest BCUT2D eigenvalue weighted by atomic mass is 79.9. The van der Waals surface area contributed by atoms with Gasteiger partial charge in [-0.2, -0.15) is 0 Å². The molecule has 1 aromatic rings. The van der Waals surface area contributed by atoms with Crippen LogP contribution in [0.1, 0.15) is 63.9 Å². The molecule has 31 heavy (non-hydrogen) atoms. The smallest absolute Gasteiger partial charge is 0.119 e. The lowest BCUT2D eigenvalue weighted by molar-refractivity contribution is 0.112. The lowest BCUT2D eigenvalue weighted by Gasteiger charge is -2.36. The van der Waals surface area contributed by atoms with Crippen LogP contribution in [0, 0.1) is 11.8 Å². The van der Waals surface area contributed by atoms with Crippen LogP contribution in [0.25, 0.3) is 0 Å². The van der Waals surface area contributed by atoms with Crippen molar-refractivity contribution in [1.82, 2.24) is 9.80 Å². The summed E-state index contributed by atoms with van der Waals surface area (Å²) >= 11 is 3.71. The summed E-state index contributed by atoms with van der Waals surface area (Å²) in [6.45, 7) is 8.22. The van der Waals surface area contributed by atoms with Crippen molar-refractivity contribution in [3.05, 3.63) is 28.2 Å². The highest BCUT2D eigenvalue weighted by Gasteiger charge is 2.25. The van der Waals surface area contributed by atoms with Gasteiger partial charge in [0.15, 0.2) is 0 Å². The van der Waals surface area contributed by atoms with Gasteiger partial charge in [-0.1, -0.05) is 22.9 Å². The molecule has 1 heterocycles. The van der Waals surface area contributed by atoms with E-state index in [1.54, 1.807) is 7.11 Å². The van der Waals surface area contributed by atoms with Crippen molar-refractivity contribution in [2.24, 2.45) is 11.8 Å². The van der Waals surface area contributed by atoms with Gasteiger partial charge >= 0.3 is 0 Å². The molecule has 1 aromatic carbocycles. The van der Waals surface area contributed by atoms with Crippen molar-refractivity contribution in [3.8, 4) is 5.75 Å². The molecule has 176 valence electrons. The first-order valence-corrected chi connectivity index (χ1v) is 13.3. The molecule has 2 fully saturated rings. The third-order valence-electron chi connectivity index (χ3n) is 7.68. The second kappa shape index (κ2) is 13.2. The number of aliphatic hydroxyl groups excluding tert-OH is 1. The van der Waals surface area contributed by atoms with Crippen molar-refractivity contribution in [2.45, 2.75) is 70.8 Å². The first-order chi connectivity index (χ1) is 15.1. The summed E-state index contributed by atoms with van der Waals surface area (Å²) in [6.07, 6.45) is 11.9. The number of likely N-dealkylation sites (N-methyl/N-ethyl adjacent to an activating group) is 1. The third kappa shape index (κ3) is 7.73. The molecule has 0 bridgehead atoms. The molecule has 4 nitrogen and oxygen atoms in total. The van der Waals surface area contributed by atoms with E-state index in [1.165, 1.54) is 81.0 Å². The van der Waals surface area contributed by atoms with Gasteiger partial charge in [-0.25, -0.2) is 0 Å². The standard InChI is InChI=1S/C26H43BrN2O2/c1-3-29(17-18-30)24-8-6-21(7-9-24)5-4-14-28-15-12-22(13-16-28)19-23-20-25(31-2)10-11-26(23)27/h10-11,20-22,24,30H,3-9,12-19H2,1-2H3. The number of nitrogens with zero attached hydrogens (tertiary/aromatic N) is 2. The lowest BCUT2D eigenvalue weighted by Crippen LogP contribution is -2.39. The van der Waals surface area contributed by atoms with E-state index >= 15 is 0 Å². The van der Waals surface area contributed by atoms with Gasteiger partial charge in [-0.05, 0) is 120 Å². The van der Waals surface area contributed by atoms with Crippen molar-refractivity contribution in [1.29, 1.82) is 0 Å². The molecule has 0 amide bonds. The molecule has 1 saturated heterocycles. The Balaban J connectivity index is 1.31. The van der Waals surface area contributed by atoms with E-state index in [0.717, 1.165) is 37.1 Å². The molecule has 2 aliphatic rings. The average molecular weight is 496 g/mol. The Morgan fingerprint density at radius 3 is 2.48 bits per heavy atom. The fourth-order valence-corrected chi connectivity index (χ4v) is 6.10. The fraction of sp³-hybridized carbons (Fsp3) is 0.769. The summed E-state index contributed by atoms with van der Waals surface area (Å²) in [6, 6.07) is 7.03. The van der Waals surface area contributed by atoms with Gasteiger partial charge in [0.05, 0.1) is 13.7 Å². The molecule has 0 aromatic heterocycles. The molecule has 0 radical (unpaired) electrons. The zero-order valence-electron chi connectivity index (χ0n) is 19.7. The van der Waals surface area contributed by atoms with Gasteiger partial charge in [0.2, 0.25) is 0 Å². The first kappa shape index (κ1) is 25.0. The van der Waals surface area contributed by atoms with E-state index in [9.17, 15) is 5.11 Å². The zero-order valence-corrected chi connectivity index (χ0v) is 21.3. The maximum Gasteiger partial charge on any atom is 0.119 e. The Labute approximate surface area is 198 Å². The van der Waals surface area contributed by atoms with Crippen molar-refractivity contribution in [2.75, 3.05) is 46.4 Å². The minimum absolute atomic E-state index is 0.293. The van der Waals surface area contributed by atoms with Crippen LogP contribution in [0.4, 0.5) is 0 Å². The summed E-state index contributed by atoms with van der Waals surface area (Å²) in [5, 5.41) is 9.26. The van der Waals surface area contributed by atoms with Gasteiger partial charge in [0.1, 0.15) is 5.75 Å². The van der Waals surface area contributed by atoms with Gasteiger partial charge in [0.25, 0.3) is 0 Å². The summed E-state index contributed by atoms with van der Waals surface area (Å²) in [5.41, 5.74) is 1.38. The van der Waals surface area contributed by atoms with Crippen LogP contribution in [0.3, 0.4) is 0 Å². The third-order valence-corrected chi connectivity index (χ3v) is 8.46. The van der Waals surface area contributed by atoms with E-state index < -0.39 is 0 Å². The number of aliphatic hydroxyl groups is 1. The second-order valence-electron chi connectivity index (χ2n) is 9.62. The second-order valence-corrected chi connectivity index (χ2v) is 10.5. The highest BCUT2D eigenvalue weighted by Crippen LogP contribution is 2.31. The van der Waals surface area contributed by atoms with Crippen LogP contribution >= 0.6 is 15.9 Å². The number of hydrogen-bond acceptors (Lipinski definition) is 4. The van der Waals surface area contributed by atoms with Crippen LogP contribution in [0.2, 0.25) is 0 Å². The van der Waals surface area contributed by atoms with E-state index in [-0.39, 0.29) is 0 Å². The Hall–Kier alpha value is -0.620. The molecule has 1 saturated carbocycles. The molecular weight excluding hydrogens is 452 g/mol. The van der Waals surface area contributed by atoms with E-state index in [2.05, 4.69) is 44.8 Å². The number of likely N-dealkylation sites (tertiary alicyclic amines) is 1. The molecule has 1 aliphatic carbocycles.